The van der Waals surface area contributed by atoms with Crippen LogP contribution in [-0.4, -0.2) is 30.0 Å². The fourth-order valence-electron chi connectivity index (χ4n) is 5.55. The Balaban J connectivity index is 1.54. The average Bonchev–Trinajstić information content (AvgIpc) is 3.25. The van der Waals surface area contributed by atoms with E-state index in [1.165, 1.54) is 10.6 Å². The van der Waals surface area contributed by atoms with Gasteiger partial charge in [0.1, 0.15) is 5.82 Å². The largest absolute Gasteiger partial charge is 0.382 e. The molecule has 0 atom stereocenters. The lowest BCUT2D eigenvalue weighted by molar-refractivity contribution is 0.302. The molecule has 0 aliphatic heterocycles. The van der Waals surface area contributed by atoms with Gasteiger partial charge in [0.05, 0.1) is 6.54 Å². The van der Waals surface area contributed by atoms with Crippen LogP contribution in [0, 0.1) is 0 Å². The molecular weight excluding hydrogens is 456 g/mol. The van der Waals surface area contributed by atoms with Gasteiger partial charge in [-0.2, -0.15) is 0 Å². The molecule has 3 aromatic rings. The molecule has 4 N–H and O–H groups in total. The van der Waals surface area contributed by atoms with Crippen LogP contribution in [0.15, 0.2) is 51.0 Å². The van der Waals surface area contributed by atoms with E-state index < -0.39 is 0 Å². The van der Waals surface area contributed by atoms with Gasteiger partial charge >= 0.3 is 5.69 Å². The minimum Gasteiger partial charge on any atom is -0.382 e. The van der Waals surface area contributed by atoms with Gasteiger partial charge in [0, 0.05) is 18.2 Å². The second-order valence-electron chi connectivity index (χ2n) is 9.91. The highest BCUT2D eigenvalue weighted by molar-refractivity contribution is 6.00. The number of nitrogens with two attached hydrogens (primary N) is 2. The summed E-state index contributed by atoms with van der Waals surface area (Å²) in [5, 5.41) is 8.29. The van der Waals surface area contributed by atoms with Crippen molar-refractivity contribution in [3.63, 3.8) is 0 Å². The van der Waals surface area contributed by atoms with Crippen LogP contribution in [0.1, 0.15) is 87.5 Å². The molecule has 10 nitrogen and oxygen atoms in total. The number of amidine groups is 1. The van der Waals surface area contributed by atoms with Crippen molar-refractivity contribution in [2.24, 2.45) is 10.7 Å². The number of hydrogen-bond acceptors (Lipinski definition) is 6. The molecule has 0 radical (unpaired) electrons. The van der Waals surface area contributed by atoms with Crippen molar-refractivity contribution in [1.29, 1.82) is 0 Å². The van der Waals surface area contributed by atoms with Gasteiger partial charge in [-0.15, -0.1) is 5.10 Å². The van der Waals surface area contributed by atoms with Gasteiger partial charge in [-0.25, -0.2) is 14.5 Å². The molecule has 0 unspecified atom stereocenters. The fraction of sp³-hybridized carbons (Fsp3) is 0.500. The van der Waals surface area contributed by atoms with Crippen molar-refractivity contribution in [1.82, 2.24) is 24.1 Å². The maximum atomic E-state index is 13.8. The molecule has 0 saturated heterocycles. The van der Waals surface area contributed by atoms with Crippen molar-refractivity contribution in [2.75, 3.05) is 5.73 Å². The highest BCUT2D eigenvalue weighted by Crippen LogP contribution is 2.31. The van der Waals surface area contributed by atoms with Crippen LogP contribution < -0.4 is 22.7 Å². The van der Waals surface area contributed by atoms with Gasteiger partial charge in [0.15, 0.2) is 17.3 Å². The molecule has 0 bridgehead atoms. The predicted octanol–water partition coefficient (Wildman–Crippen LogP) is 3.28. The molecule has 5 rings (SSSR count). The molecule has 0 spiro atoms. The number of anilines is 1. The molecule has 2 aromatic heterocycles. The van der Waals surface area contributed by atoms with E-state index in [1.807, 2.05) is 30.3 Å². The maximum Gasteiger partial charge on any atom is 0.333 e. The first-order valence-corrected chi connectivity index (χ1v) is 13.0. The number of hydrogen-bond donors (Lipinski definition) is 2. The minimum absolute atomic E-state index is 0.0145. The quantitative estimate of drug-likeness (QED) is 0.401. The molecule has 36 heavy (non-hydrogen) atoms. The zero-order chi connectivity index (χ0) is 25.1. The number of benzene rings is 1. The third-order valence-corrected chi connectivity index (χ3v) is 7.45. The zero-order valence-electron chi connectivity index (χ0n) is 20.6. The third-order valence-electron chi connectivity index (χ3n) is 7.45. The van der Waals surface area contributed by atoms with Crippen LogP contribution in [0.3, 0.4) is 0 Å². The summed E-state index contributed by atoms with van der Waals surface area (Å²) in [5.41, 5.74) is 13.3. The number of aromatic nitrogens is 5. The van der Waals surface area contributed by atoms with Crippen molar-refractivity contribution in [3.8, 4) is 0 Å². The lowest BCUT2D eigenvalue weighted by Crippen LogP contribution is -2.43. The second-order valence-corrected chi connectivity index (χ2v) is 9.91. The number of nitrogen functional groups attached to an aromatic ring is 1. The fourth-order valence-corrected chi connectivity index (χ4v) is 5.55. The molecule has 10 heteroatoms. The molecule has 2 aliphatic rings. The van der Waals surface area contributed by atoms with Crippen LogP contribution in [0.2, 0.25) is 0 Å². The predicted molar refractivity (Wildman–Crippen MR) is 140 cm³/mol. The summed E-state index contributed by atoms with van der Waals surface area (Å²) < 4.78 is 4.70. The highest BCUT2D eigenvalue weighted by atomic mass is 16.2. The molecule has 0 amide bonds. The van der Waals surface area contributed by atoms with E-state index in [0.29, 0.717) is 6.54 Å². The minimum atomic E-state index is -0.328. The van der Waals surface area contributed by atoms with Gasteiger partial charge in [0.2, 0.25) is 0 Å². The van der Waals surface area contributed by atoms with Crippen molar-refractivity contribution in [3.05, 3.63) is 68.5 Å². The van der Waals surface area contributed by atoms with Crippen LogP contribution in [-0.2, 0) is 6.54 Å². The van der Waals surface area contributed by atoms with E-state index in [9.17, 15) is 9.59 Å². The molecule has 2 aliphatic carbocycles. The molecule has 2 heterocycles. The first-order chi connectivity index (χ1) is 17.5. The summed E-state index contributed by atoms with van der Waals surface area (Å²) in [6.07, 6.45) is 9.90. The van der Waals surface area contributed by atoms with E-state index in [-0.39, 0.29) is 46.5 Å². The first kappa shape index (κ1) is 24.0. The normalized spacial score (nSPS) is 17.9. The zero-order valence-corrected chi connectivity index (χ0v) is 20.6. The molecule has 2 fully saturated rings. The van der Waals surface area contributed by atoms with Gasteiger partial charge in [-0.05, 0) is 31.2 Å². The Hall–Kier alpha value is -3.69. The Labute approximate surface area is 209 Å². The van der Waals surface area contributed by atoms with E-state index in [2.05, 4.69) is 15.3 Å². The topological polar surface area (TPSA) is 139 Å². The number of aliphatic imine (C=N–C) groups is 1. The van der Waals surface area contributed by atoms with Gasteiger partial charge in [0.25, 0.3) is 5.56 Å². The summed E-state index contributed by atoms with van der Waals surface area (Å²) in [6, 6.07) is 11.2. The van der Waals surface area contributed by atoms with Crippen molar-refractivity contribution < 1.29 is 0 Å². The SMILES string of the molecule is NC(=Nc1cc(=O)n(C2CCCCC2)c(=O)n1C1CCCCC1)c1nnn(Cc2ccccc2)c1N. The summed E-state index contributed by atoms with van der Waals surface area (Å²) >= 11 is 0. The molecule has 190 valence electrons. The monoisotopic (exact) mass is 490 g/mol. The summed E-state index contributed by atoms with van der Waals surface area (Å²) in [7, 11) is 0. The summed E-state index contributed by atoms with van der Waals surface area (Å²) in [4.78, 5) is 31.5. The highest BCUT2D eigenvalue weighted by Gasteiger charge is 2.26. The maximum absolute atomic E-state index is 13.8. The van der Waals surface area contributed by atoms with Gasteiger partial charge in [-0.3, -0.25) is 13.9 Å². The lowest BCUT2D eigenvalue weighted by Gasteiger charge is -2.28. The Kier molecular flexibility index (Phi) is 7.02. The Morgan fingerprint density at radius 3 is 2.17 bits per heavy atom. The molecule has 2 saturated carbocycles. The smallest absolute Gasteiger partial charge is 0.333 e. The number of rotatable bonds is 6. The van der Waals surface area contributed by atoms with Crippen molar-refractivity contribution in [2.45, 2.75) is 82.8 Å². The van der Waals surface area contributed by atoms with Gasteiger partial charge < -0.3 is 11.5 Å². The van der Waals surface area contributed by atoms with Crippen molar-refractivity contribution >= 4 is 17.5 Å². The third kappa shape index (κ3) is 4.84. The number of nitrogens with zero attached hydrogens (tertiary/aromatic N) is 6. The van der Waals surface area contributed by atoms with E-state index >= 15 is 0 Å². The van der Waals surface area contributed by atoms with Crippen LogP contribution in [0.25, 0.3) is 0 Å². The first-order valence-electron chi connectivity index (χ1n) is 13.0. The molecular formula is C26H34N8O2. The average molecular weight is 491 g/mol. The molecule has 1 aromatic carbocycles. The standard InChI is InChI=1S/C26H34N8O2/c27-24(23-25(28)32(31-30-23)17-18-10-4-1-5-11-18)29-21-16-22(35)34(20-14-8-3-9-15-20)26(36)33(21)19-12-6-2-7-13-19/h1,4-5,10-11,16,19-20H,2-3,6-9,12-15,17,28H2,(H2,27,29). The van der Waals surface area contributed by atoms with Gasteiger partial charge in [-0.1, -0.05) is 74.1 Å². The summed E-state index contributed by atoms with van der Waals surface area (Å²) in [6.45, 7) is 0.442. The van der Waals surface area contributed by atoms with E-state index in [0.717, 1.165) is 69.8 Å². The van der Waals surface area contributed by atoms with Crippen LogP contribution in [0.4, 0.5) is 11.6 Å². The lowest BCUT2D eigenvalue weighted by atomic mass is 9.94. The summed E-state index contributed by atoms with van der Waals surface area (Å²) in [5.74, 6) is 0.575. The Bertz CT molecular complexity index is 1340. The Morgan fingerprint density at radius 2 is 1.53 bits per heavy atom. The van der Waals surface area contributed by atoms with Crippen LogP contribution >= 0.6 is 0 Å². The van der Waals surface area contributed by atoms with E-state index in [1.54, 1.807) is 9.25 Å². The van der Waals surface area contributed by atoms with Crippen LogP contribution in [0.5, 0.6) is 0 Å². The Morgan fingerprint density at radius 1 is 0.917 bits per heavy atom. The second kappa shape index (κ2) is 10.5. The van der Waals surface area contributed by atoms with E-state index in [4.69, 9.17) is 11.5 Å².